The van der Waals surface area contributed by atoms with Crippen LogP contribution in [0.25, 0.3) is 0 Å². The number of H-pyrrole nitrogens is 1. The first-order valence-electron chi connectivity index (χ1n) is 5.31. The predicted molar refractivity (Wildman–Crippen MR) is 63.8 cm³/mol. The van der Waals surface area contributed by atoms with Crippen LogP contribution in [-0.4, -0.2) is 60.1 Å². The Morgan fingerprint density at radius 1 is 1.56 bits per heavy atom. The van der Waals surface area contributed by atoms with Crippen LogP contribution in [0.5, 0.6) is 0 Å². The summed E-state index contributed by atoms with van der Waals surface area (Å²) in [4.78, 5) is 3.83. The summed E-state index contributed by atoms with van der Waals surface area (Å²) in [5.41, 5.74) is 0. The molecule has 1 unspecified atom stereocenters. The molecule has 0 saturated carbocycles. The van der Waals surface area contributed by atoms with Crippen molar-refractivity contribution in [3.05, 3.63) is 12.2 Å². The van der Waals surface area contributed by atoms with Crippen LogP contribution < -0.4 is 0 Å². The number of rotatable bonds is 4. The van der Waals surface area contributed by atoms with Gasteiger partial charge in [0.2, 0.25) is 10.0 Å². The molecule has 1 aliphatic rings. The average Bonchev–Trinajstić information content (AvgIpc) is 2.87. The van der Waals surface area contributed by atoms with Crippen molar-refractivity contribution in [1.29, 1.82) is 0 Å². The van der Waals surface area contributed by atoms with Gasteiger partial charge in [-0.05, 0) is 6.42 Å². The molecule has 1 aromatic heterocycles. The molecule has 1 saturated heterocycles. The lowest BCUT2D eigenvalue weighted by Crippen LogP contribution is -2.36. The van der Waals surface area contributed by atoms with Crippen molar-refractivity contribution < 1.29 is 16.8 Å². The highest BCUT2D eigenvalue weighted by Crippen LogP contribution is 2.21. The van der Waals surface area contributed by atoms with Crippen LogP contribution in [0, 0.1) is 0 Å². The summed E-state index contributed by atoms with van der Waals surface area (Å²) in [5.74, 6) is 0.0604. The van der Waals surface area contributed by atoms with E-state index in [1.54, 1.807) is 0 Å². The van der Waals surface area contributed by atoms with E-state index in [2.05, 4.69) is 15.2 Å². The largest absolute Gasteiger partial charge is 0.262 e. The number of aromatic nitrogens is 3. The molecule has 0 bridgehead atoms. The van der Waals surface area contributed by atoms with Crippen LogP contribution in [0.4, 0.5) is 0 Å². The molecule has 10 heteroatoms. The highest BCUT2D eigenvalue weighted by molar-refractivity contribution is 7.95. The molecular weight excluding hydrogens is 280 g/mol. The first kappa shape index (κ1) is 13.4. The van der Waals surface area contributed by atoms with Gasteiger partial charge in [0, 0.05) is 7.05 Å². The van der Waals surface area contributed by atoms with Crippen molar-refractivity contribution in [3.8, 4) is 0 Å². The molecule has 102 valence electrons. The van der Waals surface area contributed by atoms with Crippen molar-refractivity contribution in [2.75, 3.05) is 18.6 Å². The van der Waals surface area contributed by atoms with E-state index in [9.17, 15) is 16.8 Å². The molecule has 1 aromatic rings. The molecule has 0 radical (unpaired) electrons. The molecule has 0 amide bonds. The van der Waals surface area contributed by atoms with Gasteiger partial charge in [-0.25, -0.2) is 21.8 Å². The van der Waals surface area contributed by atoms with Gasteiger partial charge in [-0.2, -0.15) is 9.40 Å². The molecule has 1 atom stereocenters. The van der Waals surface area contributed by atoms with Gasteiger partial charge in [-0.15, -0.1) is 0 Å². The highest BCUT2D eigenvalue weighted by Gasteiger charge is 2.39. The summed E-state index contributed by atoms with van der Waals surface area (Å²) in [5, 5.41) is 5.33. The van der Waals surface area contributed by atoms with E-state index in [1.807, 2.05) is 0 Å². The molecule has 1 N–H and O–H groups in total. The second-order valence-electron chi connectivity index (χ2n) is 4.26. The van der Waals surface area contributed by atoms with Gasteiger partial charge >= 0.3 is 0 Å². The molecule has 1 fully saturated rings. The molecule has 0 spiro atoms. The fourth-order valence-electron chi connectivity index (χ4n) is 1.86. The Bertz CT molecular complexity index is 608. The van der Waals surface area contributed by atoms with E-state index in [1.165, 1.54) is 13.4 Å². The maximum absolute atomic E-state index is 12.1. The van der Waals surface area contributed by atoms with Crippen molar-refractivity contribution in [3.63, 3.8) is 0 Å². The standard InChI is InChI=1S/C8H14N4O4S2/c1-12(4-8-9-6-10-11-8)18(15,16)7-2-3-17(13,14)5-7/h6-7H,2-5H2,1H3,(H,9,10,11). The Balaban J connectivity index is 2.11. The lowest BCUT2D eigenvalue weighted by molar-refractivity contribution is 0.449. The maximum Gasteiger partial charge on any atom is 0.218 e. The zero-order chi connectivity index (χ0) is 13.4. The third-order valence-corrected chi connectivity index (χ3v) is 7.11. The first-order valence-corrected chi connectivity index (χ1v) is 8.63. The third kappa shape index (κ3) is 2.70. The molecule has 8 nitrogen and oxygen atoms in total. The molecule has 2 heterocycles. The van der Waals surface area contributed by atoms with Crippen molar-refractivity contribution in [2.45, 2.75) is 18.2 Å². The van der Waals surface area contributed by atoms with E-state index >= 15 is 0 Å². The number of nitrogens with one attached hydrogen (secondary N) is 1. The second kappa shape index (κ2) is 4.59. The molecule has 0 aromatic carbocycles. The number of aromatic amines is 1. The SMILES string of the molecule is CN(Cc1ncn[nH]1)S(=O)(=O)C1CCS(=O)(=O)C1. The number of hydrogen-bond donors (Lipinski definition) is 1. The summed E-state index contributed by atoms with van der Waals surface area (Å²) < 4.78 is 48.0. The Morgan fingerprint density at radius 2 is 2.28 bits per heavy atom. The molecule has 18 heavy (non-hydrogen) atoms. The summed E-state index contributed by atoms with van der Waals surface area (Å²) in [6.07, 6.45) is 1.45. The minimum absolute atomic E-state index is 0.0544. The summed E-state index contributed by atoms with van der Waals surface area (Å²) in [7, 11) is -5.43. The number of nitrogens with zero attached hydrogens (tertiary/aromatic N) is 3. The van der Waals surface area contributed by atoms with Gasteiger partial charge in [0.15, 0.2) is 9.84 Å². The fraction of sp³-hybridized carbons (Fsp3) is 0.750. The van der Waals surface area contributed by atoms with Gasteiger partial charge in [0.05, 0.1) is 23.3 Å². The van der Waals surface area contributed by atoms with Gasteiger partial charge in [0.1, 0.15) is 12.2 Å². The second-order valence-corrected chi connectivity index (χ2v) is 8.81. The Labute approximate surface area is 105 Å². The van der Waals surface area contributed by atoms with Crippen LogP contribution in [0.2, 0.25) is 0 Å². The van der Waals surface area contributed by atoms with Gasteiger partial charge < -0.3 is 0 Å². The summed E-state index contributed by atoms with van der Waals surface area (Å²) >= 11 is 0. The highest BCUT2D eigenvalue weighted by atomic mass is 32.2. The Morgan fingerprint density at radius 3 is 2.78 bits per heavy atom. The smallest absolute Gasteiger partial charge is 0.218 e. The lowest BCUT2D eigenvalue weighted by atomic mass is 10.4. The lowest BCUT2D eigenvalue weighted by Gasteiger charge is -2.19. The van der Waals surface area contributed by atoms with Gasteiger partial charge in [0.25, 0.3) is 0 Å². The van der Waals surface area contributed by atoms with E-state index in [0.29, 0.717) is 5.82 Å². The Kier molecular flexibility index (Phi) is 3.43. The van der Waals surface area contributed by atoms with Crippen LogP contribution >= 0.6 is 0 Å². The van der Waals surface area contributed by atoms with E-state index in [0.717, 1.165) is 4.31 Å². The minimum atomic E-state index is -3.62. The average molecular weight is 294 g/mol. The van der Waals surface area contributed by atoms with Crippen molar-refractivity contribution in [1.82, 2.24) is 19.5 Å². The molecule has 0 aliphatic carbocycles. The van der Waals surface area contributed by atoms with Crippen molar-refractivity contribution in [2.24, 2.45) is 0 Å². The number of hydrogen-bond acceptors (Lipinski definition) is 6. The first-order chi connectivity index (χ1) is 8.31. The third-order valence-electron chi connectivity index (χ3n) is 2.88. The van der Waals surface area contributed by atoms with Crippen LogP contribution in [0.15, 0.2) is 6.33 Å². The van der Waals surface area contributed by atoms with E-state index < -0.39 is 25.1 Å². The predicted octanol–water partition coefficient (Wildman–Crippen LogP) is -1.25. The zero-order valence-electron chi connectivity index (χ0n) is 9.77. The van der Waals surface area contributed by atoms with Crippen molar-refractivity contribution >= 4 is 19.9 Å². The quantitative estimate of drug-likeness (QED) is 0.742. The minimum Gasteiger partial charge on any atom is -0.262 e. The summed E-state index contributed by atoms with van der Waals surface area (Å²) in [6.45, 7) is 0.0544. The van der Waals surface area contributed by atoms with E-state index in [-0.39, 0.29) is 24.5 Å². The summed E-state index contributed by atoms with van der Waals surface area (Å²) in [6, 6.07) is 0. The Hall–Kier alpha value is -1.00. The van der Waals surface area contributed by atoms with Crippen LogP contribution in [0.3, 0.4) is 0 Å². The zero-order valence-corrected chi connectivity index (χ0v) is 11.4. The van der Waals surface area contributed by atoms with Crippen LogP contribution in [-0.2, 0) is 26.4 Å². The monoisotopic (exact) mass is 294 g/mol. The fourth-order valence-corrected chi connectivity index (χ4v) is 6.09. The maximum atomic E-state index is 12.1. The number of sulfonamides is 1. The number of sulfone groups is 1. The molecule has 2 rings (SSSR count). The van der Waals surface area contributed by atoms with Gasteiger partial charge in [-0.1, -0.05) is 0 Å². The molecular formula is C8H14N4O4S2. The normalized spacial score (nSPS) is 23.6. The van der Waals surface area contributed by atoms with Crippen LogP contribution in [0.1, 0.15) is 12.2 Å². The topological polar surface area (TPSA) is 113 Å². The van der Waals surface area contributed by atoms with E-state index in [4.69, 9.17) is 0 Å². The van der Waals surface area contributed by atoms with Gasteiger partial charge in [-0.3, -0.25) is 5.10 Å². The molecule has 1 aliphatic heterocycles.